The molecule has 0 aliphatic carbocycles. The summed E-state index contributed by atoms with van der Waals surface area (Å²) in [4.78, 5) is 9.19. The number of ether oxygens (including phenoxy) is 3. The molecule has 0 saturated carbocycles. The van der Waals surface area contributed by atoms with Crippen LogP contribution in [0.2, 0.25) is 0 Å². The van der Waals surface area contributed by atoms with Gasteiger partial charge in [0.25, 0.3) is 0 Å². The molecule has 3 rings (SSSR count). The molecule has 0 aliphatic heterocycles. The smallest absolute Gasteiger partial charge is 0.172 e. The number of pyridine rings is 1. The largest absolute Gasteiger partial charge is 0.497 e. The monoisotopic (exact) mass is 440 g/mol. The Balaban J connectivity index is 0.00000320. The summed E-state index contributed by atoms with van der Waals surface area (Å²) in [7, 11) is 0.297. The summed E-state index contributed by atoms with van der Waals surface area (Å²) in [5, 5.41) is 0. The zero-order valence-electron chi connectivity index (χ0n) is 18.5. The van der Waals surface area contributed by atoms with E-state index in [-0.39, 0.29) is 35.7 Å². The molecule has 9 heteroatoms. The van der Waals surface area contributed by atoms with Crippen LogP contribution in [0.25, 0.3) is 22.6 Å². The number of fused-ring (bicyclic) bond motifs is 1. The number of hydrogen-bond acceptors (Lipinski definition) is 6. The Hall–Kier alpha value is -1.45. The van der Waals surface area contributed by atoms with Crippen LogP contribution in [0.3, 0.4) is 0 Å². The first-order valence-corrected chi connectivity index (χ1v) is 11.1. The maximum atomic E-state index is 12.5. The molecule has 157 valence electrons. The van der Waals surface area contributed by atoms with Gasteiger partial charge in [-0.1, -0.05) is 6.92 Å². The molecule has 0 spiro atoms. The molecule has 0 bridgehead atoms. The minimum atomic E-state index is -1.31. The average Bonchev–Trinajstić information content (AvgIpc) is 3.10. The molecular formula is C21H27N3NaO4S. The summed E-state index contributed by atoms with van der Waals surface area (Å²) in [5.74, 6) is 1.94. The van der Waals surface area contributed by atoms with Gasteiger partial charge in [-0.05, 0) is 38.5 Å². The molecule has 30 heavy (non-hydrogen) atoms. The number of methoxy groups -OCH3 is 1. The third kappa shape index (κ3) is 5.42. The van der Waals surface area contributed by atoms with E-state index in [1.807, 2.05) is 38.1 Å². The Morgan fingerprint density at radius 3 is 2.67 bits per heavy atom. The summed E-state index contributed by atoms with van der Waals surface area (Å²) in [5.41, 5.74) is 2.93. The average molecular weight is 441 g/mol. The summed E-state index contributed by atoms with van der Waals surface area (Å²) < 4.78 is 31.0. The maximum Gasteiger partial charge on any atom is 0.172 e. The van der Waals surface area contributed by atoms with Crippen molar-refractivity contribution in [2.45, 2.75) is 33.3 Å². The zero-order valence-corrected chi connectivity index (χ0v) is 21.3. The molecule has 1 aromatic carbocycles. The molecule has 0 aliphatic rings. The van der Waals surface area contributed by atoms with E-state index in [1.165, 1.54) is 0 Å². The number of imidazole rings is 1. The third-order valence-electron chi connectivity index (χ3n) is 4.76. The third-order valence-corrected chi connectivity index (χ3v) is 5.65. The molecule has 0 saturated heterocycles. The van der Waals surface area contributed by atoms with Crippen LogP contribution >= 0.6 is 0 Å². The van der Waals surface area contributed by atoms with E-state index in [0.29, 0.717) is 41.7 Å². The van der Waals surface area contributed by atoms with Crippen molar-refractivity contribution in [1.29, 1.82) is 0 Å². The van der Waals surface area contributed by atoms with Crippen molar-refractivity contribution in [3.8, 4) is 23.0 Å². The molecule has 0 N–H and O–H groups in total. The number of hydrogen-bond donors (Lipinski definition) is 0. The Bertz CT molecular complexity index is 1020. The fraction of sp³-hybridized carbons (Fsp3) is 0.429. The first-order chi connectivity index (χ1) is 14.0. The van der Waals surface area contributed by atoms with Gasteiger partial charge in [-0.25, -0.2) is 13.2 Å². The molecule has 1 radical (unpaired) electrons. The van der Waals surface area contributed by atoms with Crippen molar-refractivity contribution in [3.63, 3.8) is 0 Å². The predicted octanol–water partition coefficient (Wildman–Crippen LogP) is 3.37. The van der Waals surface area contributed by atoms with Crippen molar-refractivity contribution in [3.05, 3.63) is 36.0 Å². The van der Waals surface area contributed by atoms with Crippen LogP contribution in [0.4, 0.5) is 0 Å². The van der Waals surface area contributed by atoms with E-state index in [4.69, 9.17) is 19.2 Å². The Morgan fingerprint density at radius 2 is 2.00 bits per heavy atom. The van der Waals surface area contributed by atoms with Gasteiger partial charge in [-0.3, -0.25) is 4.98 Å². The summed E-state index contributed by atoms with van der Waals surface area (Å²) in [6, 6.07) is 7.33. The van der Waals surface area contributed by atoms with Crippen LogP contribution in [0.5, 0.6) is 11.5 Å². The first kappa shape index (κ1) is 24.8. The maximum absolute atomic E-state index is 12.5. The van der Waals surface area contributed by atoms with Gasteiger partial charge in [0, 0.05) is 53.6 Å². The molecule has 0 fully saturated rings. The normalized spacial score (nSPS) is 13.0. The standard InChI is InChI=1S/C21H27N3O4S.Na/c1-6-14(2)27-11-12-28-19-9-10-22-20(15(19)3)21-23-17-13-16(26-4)7-8-18(17)24(21)29(5)25;/h7-10,13-14H,6,11-12H2,1-5H3;. The second-order valence-electron chi connectivity index (χ2n) is 6.73. The Labute approximate surface area is 202 Å². The molecule has 7 nitrogen and oxygen atoms in total. The summed E-state index contributed by atoms with van der Waals surface area (Å²) in [6.45, 7) is 7.02. The molecule has 2 unspecified atom stereocenters. The Kier molecular flexibility index (Phi) is 9.31. The molecule has 2 aromatic heterocycles. The number of benzene rings is 1. The number of nitrogens with zero attached hydrogens (tertiary/aromatic N) is 3. The van der Waals surface area contributed by atoms with Crippen molar-refractivity contribution >= 4 is 51.6 Å². The fourth-order valence-corrected chi connectivity index (χ4v) is 3.80. The van der Waals surface area contributed by atoms with E-state index < -0.39 is 11.0 Å². The van der Waals surface area contributed by atoms with Gasteiger partial charge in [0.1, 0.15) is 34.8 Å². The zero-order chi connectivity index (χ0) is 21.0. The summed E-state index contributed by atoms with van der Waals surface area (Å²) in [6.07, 6.45) is 4.48. The summed E-state index contributed by atoms with van der Waals surface area (Å²) >= 11 is 0. The van der Waals surface area contributed by atoms with Gasteiger partial charge >= 0.3 is 0 Å². The Morgan fingerprint density at radius 1 is 1.23 bits per heavy atom. The minimum Gasteiger partial charge on any atom is -0.497 e. The quantitative estimate of drug-likeness (QED) is 0.375. The van der Waals surface area contributed by atoms with Gasteiger partial charge < -0.3 is 14.2 Å². The molecule has 0 amide bonds. The molecule has 3 aromatic rings. The van der Waals surface area contributed by atoms with E-state index in [1.54, 1.807) is 23.5 Å². The van der Waals surface area contributed by atoms with Crippen molar-refractivity contribution in [2.24, 2.45) is 0 Å². The topological polar surface area (TPSA) is 75.5 Å². The van der Waals surface area contributed by atoms with Gasteiger partial charge in [0.15, 0.2) is 5.82 Å². The van der Waals surface area contributed by atoms with Gasteiger partial charge in [-0.15, -0.1) is 0 Å². The van der Waals surface area contributed by atoms with E-state index >= 15 is 0 Å². The van der Waals surface area contributed by atoms with Crippen LogP contribution in [0, 0.1) is 6.92 Å². The van der Waals surface area contributed by atoms with E-state index in [2.05, 4.69) is 11.9 Å². The van der Waals surface area contributed by atoms with E-state index in [9.17, 15) is 4.21 Å². The fourth-order valence-electron chi connectivity index (χ4n) is 2.99. The number of aromatic nitrogens is 3. The van der Waals surface area contributed by atoms with Gasteiger partial charge in [0.05, 0.1) is 30.9 Å². The molecule has 2 heterocycles. The van der Waals surface area contributed by atoms with Gasteiger partial charge in [0.2, 0.25) is 0 Å². The molecule has 2 atom stereocenters. The SMILES string of the molecule is CCC(C)OCCOc1ccnc(-c2nc3cc(OC)ccc3n2S(C)=O)c1C.[Na]. The predicted molar refractivity (Wildman–Crippen MR) is 121 cm³/mol. The van der Waals surface area contributed by atoms with Gasteiger partial charge in [-0.2, -0.15) is 0 Å². The van der Waals surface area contributed by atoms with Crippen LogP contribution in [0.1, 0.15) is 25.8 Å². The minimum absolute atomic E-state index is 0. The van der Waals surface area contributed by atoms with Crippen molar-refractivity contribution in [1.82, 2.24) is 13.9 Å². The second-order valence-corrected chi connectivity index (χ2v) is 7.94. The van der Waals surface area contributed by atoms with Crippen molar-refractivity contribution < 1.29 is 18.4 Å². The van der Waals surface area contributed by atoms with E-state index in [0.717, 1.165) is 17.5 Å². The second kappa shape index (κ2) is 11.2. The van der Waals surface area contributed by atoms with Crippen molar-refractivity contribution in [2.75, 3.05) is 26.6 Å². The number of rotatable bonds is 9. The molecular weight excluding hydrogens is 413 g/mol. The van der Waals surface area contributed by atoms with Crippen LogP contribution < -0.4 is 9.47 Å². The van der Waals surface area contributed by atoms with Crippen LogP contribution in [-0.4, -0.2) is 80.4 Å². The van der Waals surface area contributed by atoms with Crippen LogP contribution in [0.15, 0.2) is 30.5 Å². The van der Waals surface area contributed by atoms with Crippen LogP contribution in [-0.2, 0) is 15.7 Å². The first-order valence-electron chi connectivity index (χ1n) is 9.57.